The van der Waals surface area contributed by atoms with E-state index in [0.717, 1.165) is 51.4 Å². The van der Waals surface area contributed by atoms with Crippen molar-refractivity contribution in [1.82, 2.24) is 0 Å². The van der Waals surface area contributed by atoms with E-state index in [9.17, 15) is 9.59 Å². The highest BCUT2D eigenvalue weighted by Crippen LogP contribution is 2.14. The molecule has 0 spiro atoms. The number of rotatable bonds is 27. The van der Waals surface area contributed by atoms with Gasteiger partial charge >= 0.3 is 11.9 Å². The molecular weight excluding hydrogens is 460 g/mol. The Labute approximate surface area is 229 Å². The third kappa shape index (κ3) is 28.6. The Morgan fingerprint density at radius 3 is 1.76 bits per heavy atom. The normalized spacial score (nSPS) is 12.7. The Balaban J connectivity index is 4.16. The van der Waals surface area contributed by atoms with E-state index in [1.807, 2.05) is 6.08 Å². The molecular formula is C33H58O4. The average Bonchev–Trinajstić information content (AvgIpc) is 2.87. The number of hydrogen-bond acceptors (Lipinski definition) is 3. The van der Waals surface area contributed by atoms with E-state index in [1.54, 1.807) is 0 Å². The van der Waals surface area contributed by atoms with E-state index in [4.69, 9.17) is 9.84 Å². The second-order valence-electron chi connectivity index (χ2n) is 10.3. The van der Waals surface area contributed by atoms with Crippen molar-refractivity contribution in [3.8, 4) is 0 Å². The topological polar surface area (TPSA) is 63.6 Å². The summed E-state index contributed by atoms with van der Waals surface area (Å²) >= 11 is 0. The standard InChI is InChI=1S/C33H58O4/c1-3-5-7-9-11-13-14-15-16-18-20-26-30-33(36)37-31(28-24-21-22-25-29-32(34)35)27-23-19-17-12-10-8-6-4-2/h11-13,17,23,27,31H,3-10,14-16,18-22,24-26,28-30H2,1-2H3,(H,34,35)/b13-11-,17-12-,27-23-. The van der Waals surface area contributed by atoms with Gasteiger partial charge in [-0.15, -0.1) is 0 Å². The lowest BCUT2D eigenvalue weighted by Crippen LogP contribution is -2.16. The first-order valence-corrected chi connectivity index (χ1v) is 15.5. The van der Waals surface area contributed by atoms with Crippen molar-refractivity contribution in [1.29, 1.82) is 0 Å². The molecule has 1 unspecified atom stereocenters. The highest BCUT2D eigenvalue weighted by molar-refractivity contribution is 5.69. The van der Waals surface area contributed by atoms with Crippen LogP contribution in [-0.4, -0.2) is 23.1 Å². The van der Waals surface area contributed by atoms with Crippen molar-refractivity contribution in [2.75, 3.05) is 0 Å². The van der Waals surface area contributed by atoms with Crippen LogP contribution in [-0.2, 0) is 14.3 Å². The number of unbranched alkanes of at least 4 members (excludes halogenated alkanes) is 14. The summed E-state index contributed by atoms with van der Waals surface area (Å²) in [7, 11) is 0. The average molecular weight is 519 g/mol. The zero-order valence-corrected chi connectivity index (χ0v) is 24.3. The fourth-order valence-electron chi connectivity index (χ4n) is 4.24. The molecule has 37 heavy (non-hydrogen) atoms. The van der Waals surface area contributed by atoms with Crippen LogP contribution < -0.4 is 0 Å². The number of esters is 1. The highest BCUT2D eigenvalue weighted by Gasteiger charge is 2.11. The summed E-state index contributed by atoms with van der Waals surface area (Å²) in [6.45, 7) is 4.46. The van der Waals surface area contributed by atoms with Gasteiger partial charge in [0, 0.05) is 12.8 Å². The zero-order valence-electron chi connectivity index (χ0n) is 24.3. The summed E-state index contributed by atoms with van der Waals surface area (Å²) in [5, 5.41) is 8.77. The van der Waals surface area contributed by atoms with Gasteiger partial charge in [-0.3, -0.25) is 9.59 Å². The summed E-state index contributed by atoms with van der Waals surface area (Å²) in [6, 6.07) is 0. The maximum absolute atomic E-state index is 12.4. The molecule has 0 aromatic rings. The van der Waals surface area contributed by atoms with Gasteiger partial charge in [0.1, 0.15) is 6.10 Å². The van der Waals surface area contributed by atoms with Gasteiger partial charge in [-0.25, -0.2) is 0 Å². The Morgan fingerprint density at radius 2 is 1.14 bits per heavy atom. The molecule has 1 N–H and O–H groups in total. The van der Waals surface area contributed by atoms with Crippen molar-refractivity contribution in [3.05, 3.63) is 36.5 Å². The SMILES string of the molecule is CCCCC/C=C\C/C=C\C(CCCCCCC(=O)O)OC(=O)CCCCCCC/C=C\CCCCC. The lowest BCUT2D eigenvalue weighted by atomic mass is 10.1. The first kappa shape index (κ1) is 35.2. The second kappa shape index (κ2) is 28.7. The minimum atomic E-state index is -0.730. The maximum Gasteiger partial charge on any atom is 0.306 e. The number of carbonyl (C=O) groups is 2. The minimum Gasteiger partial charge on any atom is -0.481 e. The van der Waals surface area contributed by atoms with Crippen molar-refractivity contribution in [2.45, 2.75) is 161 Å². The van der Waals surface area contributed by atoms with Crippen LogP contribution in [0.15, 0.2) is 36.5 Å². The van der Waals surface area contributed by atoms with E-state index in [2.05, 4.69) is 44.2 Å². The smallest absolute Gasteiger partial charge is 0.306 e. The van der Waals surface area contributed by atoms with Crippen LogP contribution in [0.4, 0.5) is 0 Å². The molecule has 0 rings (SSSR count). The Hall–Kier alpha value is -1.84. The van der Waals surface area contributed by atoms with Gasteiger partial charge in [-0.1, -0.05) is 102 Å². The predicted octanol–water partition coefficient (Wildman–Crippen LogP) is 10.3. The number of ether oxygens (including phenoxy) is 1. The first-order valence-electron chi connectivity index (χ1n) is 15.5. The lowest BCUT2D eigenvalue weighted by molar-refractivity contribution is -0.147. The van der Waals surface area contributed by atoms with Crippen molar-refractivity contribution >= 4 is 11.9 Å². The Kier molecular flexibility index (Phi) is 27.3. The molecule has 0 aromatic carbocycles. The van der Waals surface area contributed by atoms with Gasteiger partial charge in [0.05, 0.1) is 0 Å². The van der Waals surface area contributed by atoms with Crippen LogP contribution in [0.5, 0.6) is 0 Å². The maximum atomic E-state index is 12.4. The number of aliphatic carboxylic acids is 1. The largest absolute Gasteiger partial charge is 0.481 e. The predicted molar refractivity (Wildman–Crippen MR) is 158 cm³/mol. The summed E-state index contributed by atoms with van der Waals surface area (Å²) in [5.74, 6) is -0.822. The molecule has 0 aromatic heterocycles. The molecule has 214 valence electrons. The molecule has 0 saturated carbocycles. The van der Waals surface area contributed by atoms with Gasteiger partial charge in [0.15, 0.2) is 0 Å². The Morgan fingerprint density at radius 1 is 0.622 bits per heavy atom. The number of carboxylic acids is 1. The Bertz CT molecular complexity index is 605. The van der Waals surface area contributed by atoms with Crippen LogP contribution in [0.2, 0.25) is 0 Å². The van der Waals surface area contributed by atoms with E-state index in [1.165, 1.54) is 70.6 Å². The first-order chi connectivity index (χ1) is 18.1. The van der Waals surface area contributed by atoms with Crippen LogP contribution in [0.25, 0.3) is 0 Å². The summed E-state index contributed by atoms with van der Waals surface area (Å²) in [6.07, 6.45) is 35.9. The van der Waals surface area contributed by atoms with Crippen LogP contribution >= 0.6 is 0 Å². The fraction of sp³-hybridized carbons (Fsp3) is 0.758. The summed E-state index contributed by atoms with van der Waals surface area (Å²) < 4.78 is 5.80. The molecule has 0 fully saturated rings. The number of carboxylic acid groups (broad SMARTS) is 1. The van der Waals surface area contributed by atoms with Crippen LogP contribution in [0, 0.1) is 0 Å². The molecule has 0 radical (unpaired) electrons. The van der Waals surface area contributed by atoms with Crippen molar-refractivity contribution in [2.24, 2.45) is 0 Å². The molecule has 1 atom stereocenters. The molecule has 0 heterocycles. The number of allylic oxidation sites excluding steroid dienone is 5. The highest BCUT2D eigenvalue weighted by atomic mass is 16.5. The molecule has 0 amide bonds. The van der Waals surface area contributed by atoms with E-state index < -0.39 is 5.97 Å². The molecule has 4 nitrogen and oxygen atoms in total. The number of hydrogen-bond donors (Lipinski definition) is 1. The van der Waals surface area contributed by atoms with E-state index >= 15 is 0 Å². The molecule has 4 heteroatoms. The summed E-state index contributed by atoms with van der Waals surface area (Å²) in [5.41, 5.74) is 0. The van der Waals surface area contributed by atoms with Gasteiger partial charge in [-0.2, -0.15) is 0 Å². The molecule has 0 saturated heterocycles. The number of carbonyl (C=O) groups excluding carboxylic acids is 1. The summed E-state index contributed by atoms with van der Waals surface area (Å²) in [4.78, 5) is 23.1. The van der Waals surface area contributed by atoms with Crippen LogP contribution in [0.1, 0.15) is 155 Å². The zero-order chi connectivity index (χ0) is 27.2. The van der Waals surface area contributed by atoms with Crippen molar-refractivity contribution < 1.29 is 19.4 Å². The second-order valence-corrected chi connectivity index (χ2v) is 10.3. The molecule has 0 bridgehead atoms. The third-order valence-corrected chi connectivity index (χ3v) is 6.57. The minimum absolute atomic E-state index is 0.0920. The molecule has 0 aliphatic rings. The van der Waals surface area contributed by atoms with E-state index in [0.29, 0.717) is 12.8 Å². The lowest BCUT2D eigenvalue weighted by Gasteiger charge is -2.14. The third-order valence-electron chi connectivity index (χ3n) is 6.57. The monoisotopic (exact) mass is 518 g/mol. The fourth-order valence-corrected chi connectivity index (χ4v) is 4.24. The van der Waals surface area contributed by atoms with Gasteiger partial charge in [-0.05, 0) is 76.7 Å². The van der Waals surface area contributed by atoms with Crippen molar-refractivity contribution in [3.63, 3.8) is 0 Å². The van der Waals surface area contributed by atoms with E-state index in [-0.39, 0.29) is 18.5 Å². The van der Waals surface area contributed by atoms with Crippen LogP contribution in [0.3, 0.4) is 0 Å². The molecule has 0 aliphatic heterocycles. The van der Waals surface area contributed by atoms with Gasteiger partial charge < -0.3 is 9.84 Å². The van der Waals surface area contributed by atoms with Gasteiger partial charge in [0.2, 0.25) is 0 Å². The quantitative estimate of drug-likeness (QED) is 0.0667. The molecule has 0 aliphatic carbocycles. The van der Waals surface area contributed by atoms with Gasteiger partial charge in [0.25, 0.3) is 0 Å².